The number of oxazole rings is 1. The molecule has 1 aliphatic heterocycles. The quantitative estimate of drug-likeness (QED) is 0.877. The highest BCUT2D eigenvalue weighted by molar-refractivity contribution is 5.55. The molecule has 1 N–H and O–H groups in total. The van der Waals surface area contributed by atoms with E-state index in [0.717, 1.165) is 22.9 Å². The maximum atomic E-state index is 5.50. The van der Waals surface area contributed by atoms with Crippen molar-refractivity contribution in [1.29, 1.82) is 0 Å². The number of ether oxygens (including phenoxy) is 2. The Labute approximate surface area is 98.4 Å². The van der Waals surface area contributed by atoms with Crippen molar-refractivity contribution in [3.8, 4) is 11.5 Å². The molecule has 0 unspecified atom stereocenters. The molecule has 88 valence electrons. The lowest BCUT2D eigenvalue weighted by molar-refractivity contribution is 0.171. The van der Waals surface area contributed by atoms with E-state index in [1.54, 1.807) is 6.20 Å². The van der Waals surface area contributed by atoms with E-state index in [2.05, 4.69) is 10.3 Å². The zero-order valence-electron chi connectivity index (χ0n) is 9.18. The molecule has 0 amide bonds. The molecule has 0 aliphatic carbocycles. The standard InChI is InChI=1S/C12H12N2O3/c1-2-11-12(16-4-3-15-11)5-9(1)14-7-10-6-13-8-17-10/h1-2,5-6,8,14H,3-4,7H2. The maximum Gasteiger partial charge on any atom is 0.180 e. The molecule has 3 rings (SSSR count). The van der Waals surface area contributed by atoms with E-state index < -0.39 is 0 Å². The smallest absolute Gasteiger partial charge is 0.180 e. The molecule has 0 fully saturated rings. The Kier molecular flexibility index (Phi) is 2.57. The second-order valence-corrected chi connectivity index (χ2v) is 3.68. The number of fused-ring (bicyclic) bond motifs is 1. The fourth-order valence-corrected chi connectivity index (χ4v) is 1.67. The summed E-state index contributed by atoms with van der Waals surface area (Å²) < 4.78 is 16.1. The van der Waals surface area contributed by atoms with Gasteiger partial charge in [0.2, 0.25) is 0 Å². The predicted octanol–water partition coefficient (Wildman–Crippen LogP) is 2.06. The van der Waals surface area contributed by atoms with Crippen molar-refractivity contribution < 1.29 is 13.9 Å². The maximum absolute atomic E-state index is 5.50. The molecule has 5 heteroatoms. The minimum Gasteiger partial charge on any atom is -0.486 e. The van der Waals surface area contributed by atoms with Crippen LogP contribution in [-0.4, -0.2) is 18.2 Å². The molecule has 0 bridgehead atoms. The molecule has 5 nitrogen and oxygen atoms in total. The molecule has 1 aromatic carbocycles. The first-order valence-electron chi connectivity index (χ1n) is 5.43. The summed E-state index contributed by atoms with van der Waals surface area (Å²) in [4.78, 5) is 3.85. The molecule has 1 aliphatic rings. The van der Waals surface area contributed by atoms with Gasteiger partial charge in [-0.1, -0.05) is 0 Å². The molecule has 1 aromatic heterocycles. The van der Waals surface area contributed by atoms with Crippen LogP contribution in [0.15, 0.2) is 35.2 Å². The van der Waals surface area contributed by atoms with Crippen LogP contribution in [0.2, 0.25) is 0 Å². The fraction of sp³-hybridized carbons (Fsp3) is 0.250. The van der Waals surface area contributed by atoms with Crippen molar-refractivity contribution in [1.82, 2.24) is 4.98 Å². The van der Waals surface area contributed by atoms with Crippen LogP contribution in [-0.2, 0) is 6.54 Å². The van der Waals surface area contributed by atoms with Crippen molar-refractivity contribution in [2.24, 2.45) is 0 Å². The molecule has 0 atom stereocenters. The molecule has 2 aromatic rings. The van der Waals surface area contributed by atoms with E-state index in [-0.39, 0.29) is 0 Å². The average Bonchev–Trinajstić information content (AvgIpc) is 2.89. The first kappa shape index (κ1) is 10.0. The van der Waals surface area contributed by atoms with E-state index in [9.17, 15) is 0 Å². The Morgan fingerprint density at radius 1 is 1.18 bits per heavy atom. The highest BCUT2D eigenvalue weighted by atomic mass is 16.6. The van der Waals surface area contributed by atoms with Crippen LogP contribution >= 0.6 is 0 Å². The van der Waals surface area contributed by atoms with E-state index in [1.165, 1.54) is 6.39 Å². The first-order valence-corrected chi connectivity index (χ1v) is 5.43. The number of hydrogen-bond donors (Lipinski definition) is 1. The molecule has 0 radical (unpaired) electrons. The van der Waals surface area contributed by atoms with Crippen molar-refractivity contribution in [2.45, 2.75) is 6.54 Å². The summed E-state index contributed by atoms with van der Waals surface area (Å²) >= 11 is 0. The molecule has 0 spiro atoms. The van der Waals surface area contributed by atoms with Gasteiger partial charge < -0.3 is 19.2 Å². The topological polar surface area (TPSA) is 56.5 Å². The van der Waals surface area contributed by atoms with Crippen LogP contribution in [0.5, 0.6) is 11.5 Å². The largest absolute Gasteiger partial charge is 0.486 e. The number of nitrogens with one attached hydrogen (secondary N) is 1. The lowest BCUT2D eigenvalue weighted by Crippen LogP contribution is -2.15. The van der Waals surface area contributed by atoms with Crippen molar-refractivity contribution in [3.05, 3.63) is 36.5 Å². The lowest BCUT2D eigenvalue weighted by Gasteiger charge is -2.19. The summed E-state index contributed by atoms with van der Waals surface area (Å²) in [7, 11) is 0. The molecule has 0 saturated heterocycles. The van der Waals surface area contributed by atoms with E-state index >= 15 is 0 Å². The van der Waals surface area contributed by atoms with Crippen LogP contribution in [0.3, 0.4) is 0 Å². The van der Waals surface area contributed by atoms with Crippen LogP contribution in [0, 0.1) is 0 Å². The highest BCUT2D eigenvalue weighted by Crippen LogP contribution is 2.32. The SMILES string of the molecule is c1ncc(CNc2ccc3c(c2)OCCO3)o1. The number of nitrogens with zero attached hydrogens (tertiary/aromatic N) is 1. The third kappa shape index (κ3) is 2.18. The minimum atomic E-state index is 0.596. The van der Waals surface area contributed by atoms with Crippen LogP contribution < -0.4 is 14.8 Å². The van der Waals surface area contributed by atoms with Crippen molar-refractivity contribution in [2.75, 3.05) is 18.5 Å². The monoisotopic (exact) mass is 232 g/mol. The molecule has 2 heterocycles. The van der Waals surface area contributed by atoms with Crippen LogP contribution in [0.4, 0.5) is 5.69 Å². The third-order valence-electron chi connectivity index (χ3n) is 2.49. The Morgan fingerprint density at radius 2 is 2.06 bits per heavy atom. The van der Waals surface area contributed by atoms with Gasteiger partial charge in [0, 0.05) is 11.8 Å². The zero-order valence-corrected chi connectivity index (χ0v) is 9.18. The number of benzene rings is 1. The van der Waals surface area contributed by atoms with Crippen LogP contribution in [0.25, 0.3) is 0 Å². The van der Waals surface area contributed by atoms with Gasteiger partial charge in [0.1, 0.15) is 19.0 Å². The van der Waals surface area contributed by atoms with Gasteiger partial charge in [-0.25, -0.2) is 4.98 Å². The fourth-order valence-electron chi connectivity index (χ4n) is 1.67. The molecule has 17 heavy (non-hydrogen) atoms. The minimum absolute atomic E-state index is 0.596. The van der Waals surface area contributed by atoms with Gasteiger partial charge in [0.25, 0.3) is 0 Å². The van der Waals surface area contributed by atoms with Gasteiger partial charge in [0.05, 0.1) is 12.7 Å². The number of anilines is 1. The summed E-state index contributed by atoms with van der Waals surface area (Å²) in [5.41, 5.74) is 0.964. The van der Waals surface area contributed by atoms with Crippen LogP contribution in [0.1, 0.15) is 5.76 Å². The summed E-state index contributed by atoms with van der Waals surface area (Å²) in [5, 5.41) is 3.23. The lowest BCUT2D eigenvalue weighted by atomic mass is 10.2. The van der Waals surface area contributed by atoms with Crippen molar-refractivity contribution in [3.63, 3.8) is 0 Å². The van der Waals surface area contributed by atoms with Gasteiger partial charge in [-0.3, -0.25) is 0 Å². The molecular weight excluding hydrogens is 220 g/mol. The second-order valence-electron chi connectivity index (χ2n) is 3.68. The average molecular weight is 232 g/mol. The number of rotatable bonds is 3. The van der Waals surface area contributed by atoms with Gasteiger partial charge >= 0.3 is 0 Å². The van der Waals surface area contributed by atoms with Gasteiger partial charge in [-0.05, 0) is 12.1 Å². The highest BCUT2D eigenvalue weighted by Gasteiger charge is 2.11. The van der Waals surface area contributed by atoms with Gasteiger partial charge in [-0.15, -0.1) is 0 Å². The summed E-state index contributed by atoms with van der Waals surface area (Å²) in [5.74, 6) is 2.36. The predicted molar refractivity (Wildman–Crippen MR) is 61.3 cm³/mol. The summed E-state index contributed by atoms with van der Waals surface area (Å²) in [6, 6.07) is 5.77. The first-order chi connectivity index (χ1) is 8.42. The third-order valence-corrected chi connectivity index (χ3v) is 2.49. The Hall–Kier alpha value is -2.17. The second kappa shape index (κ2) is 4.37. The number of aromatic nitrogens is 1. The molecule has 0 saturated carbocycles. The van der Waals surface area contributed by atoms with Crippen molar-refractivity contribution >= 4 is 5.69 Å². The summed E-state index contributed by atoms with van der Waals surface area (Å²) in [6.07, 6.45) is 3.10. The van der Waals surface area contributed by atoms with E-state index in [0.29, 0.717) is 19.8 Å². The Bertz CT molecular complexity index is 496. The zero-order chi connectivity index (χ0) is 11.5. The van der Waals surface area contributed by atoms with Gasteiger partial charge in [-0.2, -0.15) is 0 Å². The number of hydrogen-bond acceptors (Lipinski definition) is 5. The van der Waals surface area contributed by atoms with Gasteiger partial charge in [0.15, 0.2) is 17.9 Å². The Morgan fingerprint density at radius 3 is 2.88 bits per heavy atom. The Balaban J connectivity index is 1.71. The van der Waals surface area contributed by atoms with E-state index in [4.69, 9.17) is 13.9 Å². The summed E-state index contributed by atoms with van der Waals surface area (Å²) in [6.45, 7) is 1.80. The molecular formula is C12H12N2O3. The van der Waals surface area contributed by atoms with E-state index in [1.807, 2.05) is 18.2 Å². The normalized spacial score (nSPS) is 13.4.